The molecule has 0 fully saturated rings. The monoisotopic (exact) mass is 259 g/mol. The summed E-state index contributed by atoms with van der Waals surface area (Å²) in [5, 5.41) is 3.34. The maximum atomic E-state index is 11.9. The summed E-state index contributed by atoms with van der Waals surface area (Å²) in [5.41, 5.74) is 1.49. The highest BCUT2D eigenvalue weighted by Crippen LogP contribution is 2.02. The molecule has 0 aliphatic heterocycles. The summed E-state index contributed by atoms with van der Waals surface area (Å²) in [6, 6.07) is 7.17. The van der Waals surface area contributed by atoms with Gasteiger partial charge in [-0.2, -0.15) is 0 Å². The van der Waals surface area contributed by atoms with E-state index >= 15 is 0 Å². The first-order valence-corrected chi connectivity index (χ1v) is 6.85. The fraction of sp³-hybridized carbons (Fsp3) is 0.467. The Morgan fingerprint density at radius 1 is 1.37 bits per heavy atom. The molecular formula is C15H21N3O. The van der Waals surface area contributed by atoms with E-state index in [9.17, 15) is 4.79 Å². The molecule has 0 saturated carbocycles. The first-order chi connectivity index (χ1) is 9.16. The summed E-state index contributed by atoms with van der Waals surface area (Å²) in [6.07, 6.45) is 4.12. The highest BCUT2D eigenvalue weighted by atomic mass is 16.1. The highest BCUT2D eigenvalue weighted by Gasteiger charge is 2.01. The van der Waals surface area contributed by atoms with Gasteiger partial charge in [-0.25, -0.2) is 4.98 Å². The van der Waals surface area contributed by atoms with Crippen molar-refractivity contribution in [2.45, 2.75) is 33.2 Å². The third kappa shape index (κ3) is 3.89. The van der Waals surface area contributed by atoms with Crippen LogP contribution in [0.1, 0.15) is 32.4 Å². The topological polar surface area (TPSA) is 46.4 Å². The summed E-state index contributed by atoms with van der Waals surface area (Å²) in [4.78, 5) is 16.3. The van der Waals surface area contributed by atoms with Crippen LogP contribution in [0.3, 0.4) is 0 Å². The zero-order valence-corrected chi connectivity index (χ0v) is 11.6. The lowest BCUT2D eigenvalue weighted by atomic mass is 10.1. The fourth-order valence-corrected chi connectivity index (χ4v) is 2.05. The standard InChI is InChI=1S/C15H21N3O/c1-12(2)6-5-8-16-11-13-10-15(19)18-9-4-3-7-14(18)17-13/h3-4,7,9-10,12,16H,5-6,8,11H2,1-2H3. The lowest BCUT2D eigenvalue weighted by Crippen LogP contribution is -2.20. The first kappa shape index (κ1) is 13.7. The minimum Gasteiger partial charge on any atom is -0.311 e. The predicted molar refractivity (Wildman–Crippen MR) is 77.2 cm³/mol. The van der Waals surface area contributed by atoms with Gasteiger partial charge in [0.2, 0.25) is 0 Å². The van der Waals surface area contributed by atoms with Crippen LogP contribution in [-0.4, -0.2) is 15.9 Å². The van der Waals surface area contributed by atoms with Crippen molar-refractivity contribution in [1.29, 1.82) is 0 Å². The molecule has 2 aromatic rings. The number of hydrogen-bond donors (Lipinski definition) is 1. The average molecular weight is 259 g/mol. The van der Waals surface area contributed by atoms with Crippen molar-refractivity contribution in [3.8, 4) is 0 Å². The van der Waals surface area contributed by atoms with Gasteiger partial charge in [0.1, 0.15) is 5.65 Å². The average Bonchev–Trinajstić information content (AvgIpc) is 2.38. The van der Waals surface area contributed by atoms with E-state index in [1.807, 2.05) is 18.2 Å². The van der Waals surface area contributed by atoms with Gasteiger partial charge in [0, 0.05) is 18.8 Å². The van der Waals surface area contributed by atoms with Crippen LogP contribution in [0.2, 0.25) is 0 Å². The van der Waals surface area contributed by atoms with Gasteiger partial charge in [0.25, 0.3) is 5.56 Å². The van der Waals surface area contributed by atoms with E-state index in [2.05, 4.69) is 24.1 Å². The van der Waals surface area contributed by atoms with E-state index in [1.54, 1.807) is 16.7 Å². The Morgan fingerprint density at radius 2 is 2.21 bits per heavy atom. The van der Waals surface area contributed by atoms with Gasteiger partial charge < -0.3 is 5.32 Å². The first-order valence-electron chi connectivity index (χ1n) is 6.85. The van der Waals surface area contributed by atoms with Crippen LogP contribution in [0.25, 0.3) is 5.65 Å². The van der Waals surface area contributed by atoms with Crippen LogP contribution >= 0.6 is 0 Å². The molecular weight excluding hydrogens is 238 g/mol. The molecule has 0 aliphatic carbocycles. The SMILES string of the molecule is CC(C)CCCNCc1cc(=O)n2ccccc2n1. The zero-order valence-electron chi connectivity index (χ0n) is 11.6. The number of hydrogen-bond acceptors (Lipinski definition) is 3. The van der Waals surface area contributed by atoms with Crippen molar-refractivity contribution in [3.05, 3.63) is 46.5 Å². The summed E-state index contributed by atoms with van der Waals surface area (Å²) in [6.45, 7) is 6.07. The second-order valence-electron chi connectivity index (χ2n) is 5.23. The number of fused-ring (bicyclic) bond motifs is 1. The van der Waals surface area contributed by atoms with Gasteiger partial charge in [-0.1, -0.05) is 19.9 Å². The van der Waals surface area contributed by atoms with E-state index in [1.165, 1.54) is 6.42 Å². The van der Waals surface area contributed by atoms with Crippen molar-refractivity contribution in [3.63, 3.8) is 0 Å². The molecule has 0 spiro atoms. The van der Waals surface area contributed by atoms with E-state index in [0.717, 1.165) is 24.6 Å². The molecule has 0 aliphatic rings. The lowest BCUT2D eigenvalue weighted by Gasteiger charge is -2.07. The summed E-state index contributed by atoms with van der Waals surface area (Å²) in [7, 11) is 0. The third-order valence-corrected chi connectivity index (χ3v) is 3.07. The van der Waals surface area contributed by atoms with E-state index in [-0.39, 0.29) is 5.56 Å². The zero-order chi connectivity index (χ0) is 13.7. The molecule has 0 radical (unpaired) electrons. The van der Waals surface area contributed by atoms with Gasteiger partial charge in [-0.15, -0.1) is 0 Å². The Hall–Kier alpha value is -1.68. The molecule has 19 heavy (non-hydrogen) atoms. The van der Waals surface area contributed by atoms with Crippen LogP contribution in [-0.2, 0) is 6.54 Å². The van der Waals surface area contributed by atoms with Gasteiger partial charge in [0.15, 0.2) is 0 Å². The van der Waals surface area contributed by atoms with Crippen LogP contribution in [0.5, 0.6) is 0 Å². The number of nitrogens with zero attached hydrogens (tertiary/aromatic N) is 2. The molecule has 2 heterocycles. The third-order valence-electron chi connectivity index (χ3n) is 3.07. The van der Waals surface area contributed by atoms with Crippen molar-refractivity contribution < 1.29 is 0 Å². The second kappa shape index (κ2) is 6.48. The summed E-state index contributed by atoms with van der Waals surface area (Å²) in [5.74, 6) is 0.741. The molecule has 4 nitrogen and oxygen atoms in total. The Kier molecular flexibility index (Phi) is 4.68. The molecule has 2 aromatic heterocycles. The maximum absolute atomic E-state index is 11.9. The number of aromatic nitrogens is 2. The molecule has 0 atom stereocenters. The van der Waals surface area contributed by atoms with Crippen molar-refractivity contribution in [2.75, 3.05) is 6.54 Å². The normalized spacial score (nSPS) is 11.3. The molecule has 0 saturated heterocycles. The minimum atomic E-state index is -0.0235. The van der Waals surface area contributed by atoms with Gasteiger partial charge in [0.05, 0.1) is 5.69 Å². The number of pyridine rings is 1. The van der Waals surface area contributed by atoms with Gasteiger partial charge in [-0.3, -0.25) is 9.20 Å². The van der Waals surface area contributed by atoms with E-state index in [0.29, 0.717) is 12.2 Å². The Balaban J connectivity index is 1.96. The molecule has 1 N–H and O–H groups in total. The summed E-state index contributed by atoms with van der Waals surface area (Å²) >= 11 is 0. The van der Waals surface area contributed by atoms with Crippen LogP contribution in [0.4, 0.5) is 0 Å². The Labute approximate surface area is 113 Å². The van der Waals surface area contributed by atoms with Crippen molar-refractivity contribution in [2.24, 2.45) is 5.92 Å². The maximum Gasteiger partial charge on any atom is 0.258 e. The molecule has 102 valence electrons. The molecule has 0 unspecified atom stereocenters. The van der Waals surface area contributed by atoms with Crippen LogP contribution < -0.4 is 10.9 Å². The molecule has 0 bridgehead atoms. The largest absolute Gasteiger partial charge is 0.311 e. The Morgan fingerprint density at radius 3 is 3.00 bits per heavy atom. The van der Waals surface area contributed by atoms with E-state index < -0.39 is 0 Å². The lowest BCUT2D eigenvalue weighted by molar-refractivity contribution is 0.526. The quantitative estimate of drug-likeness (QED) is 0.809. The molecule has 0 aromatic carbocycles. The minimum absolute atomic E-state index is 0.0235. The number of rotatable bonds is 6. The van der Waals surface area contributed by atoms with E-state index in [4.69, 9.17) is 0 Å². The fourth-order valence-electron chi connectivity index (χ4n) is 2.05. The molecule has 2 rings (SSSR count). The van der Waals surface area contributed by atoms with Crippen LogP contribution in [0, 0.1) is 5.92 Å². The predicted octanol–water partition coefficient (Wildman–Crippen LogP) is 2.22. The number of nitrogens with one attached hydrogen (secondary N) is 1. The summed E-state index contributed by atoms with van der Waals surface area (Å²) < 4.78 is 1.56. The highest BCUT2D eigenvalue weighted by molar-refractivity contribution is 5.37. The van der Waals surface area contributed by atoms with Gasteiger partial charge >= 0.3 is 0 Å². The second-order valence-corrected chi connectivity index (χ2v) is 5.23. The molecule has 0 amide bonds. The van der Waals surface area contributed by atoms with Crippen molar-refractivity contribution in [1.82, 2.24) is 14.7 Å². The van der Waals surface area contributed by atoms with Crippen molar-refractivity contribution >= 4 is 5.65 Å². The smallest absolute Gasteiger partial charge is 0.258 e. The van der Waals surface area contributed by atoms with Crippen LogP contribution in [0.15, 0.2) is 35.3 Å². The Bertz CT molecular complexity index is 589. The molecule has 4 heteroatoms. The van der Waals surface area contributed by atoms with Gasteiger partial charge in [-0.05, 0) is 37.4 Å².